The first-order valence-electron chi connectivity index (χ1n) is 5.89. The first-order valence-corrected chi connectivity index (χ1v) is 5.89. The zero-order valence-corrected chi connectivity index (χ0v) is 9.51. The summed E-state index contributed by atoms with van der Waals surface area (Å²) < 4.78 is 1.75. The van der Waals surface area contributed by atoms with Gasteiger partial charge in [0.1, 0.15) is 0 Å². The summed E-state index contributed by atoms with van der Waals surface area (Å²) in [5, 5.41) is 0. The lowest BCUT2D eigenvalue weighted by Gasteiger charge is -2.30. The molecule has 88 valence electrons. The van der Waals surface area contributed by atoms with Crippen LogP contribution in [0.15, 0.2) is 29.2 Å². The molecule has 1 aliphatic rings. The quantitative estimate of drug-likeness (QED) is 0.797. The van der Waals surface area contributed by atoms with E-state index in [-0.39, 0.29) is 5.56 Å². The van der Waals surface area contributed by atoms with Crippen LogP contribution in [-0.2, 0) is 6.54 Å². The summed E-state index contributed by atoms with van der Waals surface area (Å²) >= 11 is 0. The number of rotatable bonds is 3. The normalized spacial score (nSPS) is 22.2. The number of pyridine rings is 1. The molecule has 16 heavy (non-hydrogen) atoms. The highest BCUT2D eigenvalue weighted by atomic mass is 16.1. The predicted molar refractivity (Wildman–Crippen MR) is 64.4 cm³/mol. The van der Waals surface area contributed by atoms with Crippen molar-refractivity contribution in [2.75, 3.05) is 19.6 Å². The molecule has 0 amide bonds. The Morgan fingerprint density at radius 1 is 1.38 bits per heavy atom. The van der Waals surface area contributed by atoms with E-state index in [2.05, 4.69) is 4.90 Å². The van der Waals surface area contributed by atoms with Crippen LogP contribution in [0.1, 0.15) is 12.8 Å². The molecule has 0 spiro atoms. The van der Waals surface area contributed by atoms with Crippen molar-refractivity contribution in [3.8, 4) is 0 Å². The van der Waals surface area contributed by atoms with E-state index in [4.69, 9.17) is 5.73 Å². The molecule has 1 aromatic rings. The van der Waals surface area contributed by atoms with E-state index in [1.807, 2.05) is 12.3 Å². The van der Waals surface area contributed by atoms with Gasteiger partial charge in [-0.25, -0.2) is 0 Å². The Bertz CT molecular complexity index is 388. The van der Waals surface area contributed by atoms with E-state index in [0.717, 1.165) is 32.6 Å². The third kappa shape index (κ3) is 2.93. The summed E-state index contributed by atoms with van der Waals surface area (Å²) in [7, 11) is 0. The summed E-state index contributed by atoms with van der Waals surface area (Å²) in [6, 6.07) is 5.57. The van der Waals surface area contributed by atoms with Gasteiger partial charge in [0.05, 0.1) is 0 Å². The van der Waals surface area contributed by atoms with E-state index >= 15 is 0 Å². The summed E-state index contributed by atoms with van der Waals surface area (Å²) in [4.78, 5) is 13.8. The SMILES string of the molecule is N[C@@H]1CCCN(CCn2ccccc2=O)C1. The van der Waals surface area contributed by atoms with Gasteiger partial charge in [-0.3, -0.25) is 4.79 Å². The van der Waals surface area contributed by atoms with E-state index in [1.54, 1.807) is 16.7 Å². The molecular weight excluding hydrogens is 202 g/mol. The van der Waals surface area contributed by atoms with Gasteiger partial charge in [0, 0.05) is 37.9 Å². The predicted octanol–water partition coefficient (Wildman–Crippen LogP) is 0.271. The largest absolute Gasteiger partial charge is 0.327 e. The maximum atomic E-state index is 11.5. The van der Waals surface area contributed by atoms with Gasteiger partial charge in [0.15, 0.2) is 0 Å². The van der Waals surface area contributed by atoms with Gasteiger partial charge in [-0.05, 0) is 25.5 Å². The van der Waals surface area contributed by atoms with Crippen LogP contribution >= 0.6 is 0 Å². The van der Waals surface area contributed by atoms with E-state index < -0.39 is 0 Å². The van der Waals surface area contributed by atoms with Crippen molar-refractivity contribution in [3.63, 3.8) is 0 Å². The minimum Gasteiger partial charge on any atom is -0.327 e. The van der Waals surface area contributed by atoms with Gasteiger partial charge >= 0.3 is 0 Å². The highest BCUT2D eigenvalue weighted by molar-refractivity contribution is 4.93. The van der Waals surface area contributed by atoms with Gasteiger partial charge in [-0.1, -0.05) is 6.07 Å². The van der Waals surface area contributed by atoms with Crippen molar-refractivity contribution in [3.05, 3.63) is 34.7 Å². The van der Waals surface area contributed by atoms with Crippen molar-refractivity contribution in [2.24, 2.45) is 5.73 Å². The molecule has 0 saturated carbocycles. The molecule has 1 saturated heterocycles. The number of hydrogen-bond donors (Lipinski definition) is 1. The van der Waals surface area contributed by atoms with Gasteiger partial charge < -0.3 is 15.2 Å². The Morgan fingerprint density at radius 3 is 3.00 bits per heavy atom. The van der Waals surface area contributed by atoms with Crippen molar-refractivity contribution >= 4 is 0 Å². The maximum Gasteiger partial charge on any atom is 0.250 e. The number of nitrogens with two attached hydrogens (primary N) is 1. The van der Waals surface area contributed by atoms with Gasteiger partial charge in [0.2, 0.25) is 0 Å². The lowest BCUT2D eigenvalue weighted by atomic mass is 10.1. The molecule has 0 bridgehead atoms. The fourth-order valence-electron chi connectivity index (χ4n) is 2.19. The Kier molecular flexibility index (Phi) is 3.74. The molecule has 0 unspecified atom stereocenters. The number of piperidine rings is 1. The number of nitrogens with zero attached hydrogens (tertiary/aromatic N) is 2. The molecule has 1 aromatic heterocycles. The molecule has 1 fully saturated rings. The molecule has 2 rings (SSSR count). The first-order chi connectivity index (χ1) is 7.75. The number of hydrogen-bond acceptors (Lipinski definition) is 3. The summed E-state index contributed by atoms with van der Waals surface area (Å²) in [5.41, 5.74) is 5.99. The minimum atomic E-state index is 0.0730. The van der Waals surface area contributed by atoms with Crippen LogP contribution in [0, 0.1) is 0 Å². The molecule has 2 heterocycles. The zero-order valence-electron chi connectivity index (χ0n) is 9.51. The van der Waals surface area contributed by atoms with Gasteiger partial charge in [-0.2, -0.15) is 0 Å². The molecule has 0 aromatic carbocycles. The van der Waals surface area contributed by atoms with Crippen LogP contribution in [0.5, 0.6) is 0 Å². The van der Waals surface area contributed by atoms with Gasteiger partial charge in [-0.15, -0.1) is 0 Å². The molecular formula is C12H19N3O. The Balaban J connectivity index is 1.87. The highest BCUT2D eigenvalue weighted by Crippen LogP contribution is 2.07. The van der Waals surface area contributed by atoms with E-state index in [0.29, 0.717) is 6.04 Å². The van der Waals surface area contributed by atoms with E-state index in [9.17, 15) is 4.79 Å². The van der Waals surface area contributed by atoms with Crippen LogP contribution in [0.25, 0.3) is 0 Å². The third-order valence-electron chi connectivity index (χ3n) is 3.10. The second-order valence-electron chi connectivity index (χ2n) is 4.44. The second kappa shape index (κ2) is 5.27. The van der Waals surface area contributed by atoms with Crippen LogP contribution in [0.3, 0.4) is 0 Å². The Labute approximate surface area is 95.7 Å². The van der Waals surface area contributed by atoms with Crippen molar-refractivity contribution in [1.82, 2.24) is 9.47 Å². The molecule has 1 atom stereocenters. The summed E-state index contributed by atoms with van der Waals surface area (Å²) in [5.74, 6) is 0. The second-order valence-corrected chi connectivity index (χ2v) is 4.44. The highest BCUT2D eigenvalue weighted by Gasteiger charge is 2.15. The third-order valence-corrected chi connectivity index (χ3v) is 3.10. The molecule has 4 nitrogen and oxygen atoms in total. The maximum absolute atomic E-state index is 11.5. The van der Waals surface area contributed by atoms with Crippen LogP contribution in [0.2, 0.25) is 0 Å². The van der Waals surface area contributed by atoms with Crippen molar-refractivity contribution < 1.29 is 0 Å². The monoisotopic (exact) mass is 221 g/mol. The average molecular weight is 221 g/mol. The Morgan fingerprint density at radius 2 is 2.25 bits per heavy atom. The fraction of sp³-hybridized carbons (Fsp3) is 0.583. The van der Waals surface area contributed by atoms with E-state index in [1.165, 1.54) is 6.42 Å². The Hall–Kier alpha value is -1.13. The molecule has 0 aliphatic carbocycles. The number of aromatic nitrogens is 1. The lowest BCUT2D eigenvalue weighted by molar-refractivity contribution is 0.201. The summed E-state index contributed by atoms with van der Waals surface area (Å²) in [6.45, 7) is 3.74. The smallest absolute Gasteiger partial charge is 0.250 e. The topological polar surface area (TPSA) is 51.3 Å². The fourth-order valence-corrected chi connectivity index (χ4v) is 2.19. The van der Waals surface area contributed by atoms with Crippen molar-refractivity contribution in [2.45, 2.75) is 25.4 Å². The molecule has 1 aliphatic heterocycles. The van der Waals surface area contributed by atoms with Crippen LogP contribution < -0.4 is 11.3 Å². The van der Waals surface area contributed by atoms with Gasteiger partial charge in [0.25, 0.3) is 5.56 Å². The summed E-state index contributed by atoms with van der Waals surface area (Å²) in [6.07, 6.45) is 4.14. The first kappa shape index (κ1) is 11.4. The zero-order chi connectivity index (χ0) is 11.4. The number of likely N-dealkylation sites (tertiary alicyclic amines) is 1. The van der Waals surface area contributed by atoms with Crippen molar-refractivity contribution in [1.29, 1.82) is 0 Å². The standard InChI is InChI=1S/C12H19N3O/c13-11-4-3-6-14(10-11)8-9-15-7-2-1-5-12(15)16/h1-2,5,7,11H,3-4,6,8-10,13H2/t11-/m1/s1. The molecule has 0 radical (unpaired) electrons. The molecule has 2 N–H and O–H groups in total. The lowest BCUT2D eigenvalue weighted by Crippen LogP contribution is -2.44. The average Bonchev–Trinajstić information content (AvgIpc) is 2.28. The van der Waals surface area contributed by atoms with Crippen LogP contribution in [0.4, 0.5) is 0 Å². The van der Waals surface area contributed by atoms with Crippen LogP contribution in [-0.4, -0.2) is 35.1 Å². The minimum absolute atomic E-state index is 0.0730. The molecule has 4 heteroatoms.